The molecule has 0 radical (unpaired) electrons. The molecule has 1 rings (SSSR count). The van der Waals surface area contributed by atoms with Gasteiger partial charge in [0.2, 0.25) is 0 Å². The summed E-state index contributed by atoms with van der Waals surface area (Å²) in [6.07, 6.45) is -1.17. The summed E-state index contributed by atoms with van der Waals surface area (Å²) < 4.78 is 0. The van der Waals surface area contributed by atoms with Crippen LogP contribution in [0.25, 0.3) is 0 Å². The summed E-state index contributed by atoms with van der Waals surface area (Å²) >= 11 is 0. The highest BCUT2D eigenvalue weighted by Crippen LogP contribution is 2.10. The maximum Gasteiger partial charge on any atom is 0.373 e. The Bertz CT molecular complexity index is 429. The fraction of sp³-hybridized carbons (Fsp3) is 0.273. The van der Waals surface area contributed by atoms with Crippen molar-refractivity contribution >= 4 is 11.9 Å². The molecular formula is C11H12O7. The van der Waals surface area contributed by atoms with Crippen LogP contribution in [0.3, 0.4) is 0 Å². The van der Waals surface area contributed by atoms with Crippen LogP contribution in [-0.2, 0) is 9.78 Å². The van der Waals surface area contributed by atoms with Crippen molar-refractivity contribution in [3.63, 3.8) is 0 Å². The summed E-state index contributed by atoms with van der Waals surface area (Å²) in [5, 5.41) is 26.3. The van der Waals surface area contributed by atoms with Crippen LogP contribution < -0.4 is 0 Å². The standard InChI is InChI=1S/C11H12O7/c12-5-7(13)6-17-18-11(16)9-4-2-1-3-8(9)10(14)15/h1-4,7,12-13H,5-6H2,(H,14,15). The molecule has 1 aromatic carbocycles. The van der Waals surface area contributed by atoms with E-state index in [1.165, 1.54) is 24.3 Å². The molecule has 0 bridgehead atoms. The van der Waals surface area contributed by atoms with Crippen LogP contribution in [0.4, 0.5) is 0 Å². The van der Waals surface area contributed by atoms with Gasteiger partial charge in [-0.15, -0.1) is 0 Å². The molecule has 98 valence electrons. The first-order valence-corrected chi connectivity index (χ1v) is 5.01. The van der Waals surface area contributed by atoms with Crippen molar-refractivity contribution in [2.45, 2.75) is 6.10 Å². The van der Waals surface area contributed by atoms with E-state index in [1.807, 2.05) is 0 Å². The molecule has 0 aliphatic heterocycles. The lowest BCUT2D eigenvalue weighted by atomic mass is 10.1. The van der Waals surface area contributed by atoms with Crippen molar-refractivity contribution in [2.24, 2.45) is 0 Å². The van der Waals surface area contributed by atoms with Gasteiger partial charge in [-0.3, -0.25) is 4.89 Å². The molecule has 7 nitrogen and oxygen atoms in total. The Morgan fingerprint density at radius 1 is 1.22 bits per heavy atom. The van der Waals surface area contributed by atoms with Crippen LogP contribution >= 0.6 is 0 Å². The lowest BCUT2D eigenvalue weighted by Crippen LogP contribution is -2.21. The molecule has 0 heterocycles. The number of aliphatic hydroxyl groups excluding tert-OH is 2. The van der Waals surface area contributed by atoms with E-state index in [2.05, 4.69) is 9.78 Å². The van der Waals surface area contributed by atoms with Gasteiger partial charge in [-0.1, -0.05) is 12.1 Å². The second-order valence-corrected chi connectivity index (χ2v) is 3.34. The minimum absolute atomic E-state index is 0.163. The molecule has 0 fully saturated rings. The number of carboxylic acids is 1. The SMILES string of the molecule is O=C(O)c1ccccc1C(=O)OOCC(O)CO. The Morgan fingerprint density at radius 2 is 1.83 bits per heavy atom. The van der Waals surface area contributed by atoms with Crippen LogP contribution in [0.5, 0.6) is 0 Å². The molecule has 0 aliphatic rings. The predicted molar refractivity (Wildman–Crippen MR) is 57.9 cm³/mol. The van der Waals surface area contributed by atoms with Gasteiger partial charge in [0.1, 0.15) is 12.7 Å². The first kappa shape index (κ1) is 14.1. The van der Waals surface area contributed by atoms with Gasteiger partial charge in [0.15, 0.2) is 0 Å². The van der Waals surface area contributed by atoms with Crippen LogP contribution in [0, 0.1) is 0 Å². The summed E-state index contributed by atoms with van der Waals surface area (Å²) in [7, 11) is 0. The molecule has 0 aliphatic carbocycles. The lowest BCUT2D eigenvalue weighted by Gasteiger charge is -2.08. The average Bonchev–Trinajstić information content (AvgIpc) is 2.38. The van der Waals surface area contributed by atoms with Gasteiger partial charge in [0.25, 0.3) is 0 Å². The third-order valence-electron chi connectivity index (χ3n) is 1.98. The molecule has 3 N–H and O–H groups in total. The van der Waals surface area contributed by atoms with Gasteiger partial charge in [-0.05, 0) is 12.1 Å². The third kappa shape index (κ3) is 3.81. The van der Waals surface area contributed by atoms with E-state index >= 15 is 0 Å². The second-order valence-electron chi connectivity index (χ2n) is 3.34. The molecule has 0 aromatic heterocycles. The largest absolute Gasteiger partial charge is 0.478 e. The Balaban J connectivity index is 2.64. The molecule has 1 aromatic rings. The van der Waals surface area contributed by atoms with Gasteiger partial charge in [0.05, 0.1) is 17.7 Å². The van der Waals surface area contributed by atoms with Crippen molar-refractivity contribution in [1.82, 2.24) is 0 Å². The number of hydrogen-bond acceptors (Lipinski definition) is 6. The van der Waals surface area contributed by atoms with Gasteiger partial charge in [-0.2, -0.15) is 4.89 Å². The average molecular weight is 256 g/mol. The minimum atomic E-state index is -1.27. The number of carboxylic acid groups (broad SMARTS) is 1. The summed E-state index contributed by atoms with van der Waals surface area (Å²) in [5.74, 6) is -2.25. The highest BCUT2D eigenvalue weighted by Gasteiger charge is 2.18. The molecule has 1 atom stereocenters. The fourth-order valence-electron chi connectivity index (χ4n) is 1.11. The zero-order valence-electron chi connectivity index (χ0n) is 9.28. The molecule has 0 spiro atoms. The molecular weight excluding hydrogens is 244 g/mol. The van der Waals surface area contributed by atoms with Crippen molar-refractivity contribution in [3.05, 3.63) is 35.4 Å². The fourth-order valence-corrected chi connectivity index (χ4v) is 1.11. The number of carbonyl (C=O) groups is 2. The molecule has 7 heteroatoms. The van der Waals surface area contributed by atoms with Crippen LogP contribution in [0.2, 0.25) is 0 Å². The normalized spacial score (nSPS) is 11.9. The molecule has 1 unspecified atom stereocenters. The summed E-state index contributed by atoms with van der Waals surface area (Å²) in [6, 6.07) is 5.47. The van der Waals surface area contributed by atoms with E-state index in [9.17, 15) is 9.59 Å². The molecule has 0 amide bonds. The summed E-state index contributed by atoms with van der Waals surface area (Å²) in [5.41, 5.74) is -0.378. The Hall–Kier alpha value is -1.96. The van der Waals surface area contributed by atoms with Gasteiger partial charge >= 0.3 is 11.9 Å². The first-order chi connectivity index (χ1) is 8.56. The van der Waals surface area contributed by atoms with Crippen molar-refractivity contribution in [1.29, 1.82) is 0 Å². The topological polar surface area (TPSA) is 113 Å². The maximum atomic E-state index is 11.5. The quantitative estimate of drug-likeness (QED) is 0.478. The number of carbonyl (C=O) groups excluding carboxylic acids is 1. The van der Waals surface area contributed by atoms with Crippen molar-refractivity contribution < 1.29 is 34.7 Å². The number of benzene rings is 1. The molecule has 0 saturated heterocycles. The molecule has 18 heavy (non-hydrogen) atoms. The summed E-state index contributed by atoms with van der Waals surface area (Å²) in [6.45, 7) is -0.944. The Morgan fingerprint density at radius 3 is 2.39 bits per heavy atom. The lowest BCUT2D eigenvalue weighted by molar-refractivity contribution is -0.256. The van der Waals surface area contributed by atoms with Crippen LogP contribution in [-0.4, -0.2) is 46.6 Å². The van der Waals surface area contributed by atoms with Crippen molar-refractivity contribution in [3.8, 4) is 0 Å². The van der Waals surface area contributed by atoms with Gasteiger partial charge in [-0.25, -0.2) is 9.59 Å². The smallest absolute Gasteiger partial charge is 0.373 e. The summed E-state index contributed by atoms with van der Waals surface area (Å²) in [4.78, 5) is 31.0. The minimum Gasteiger partial charge on any atom is -0.478 e. The van der Waals surface area contributed by atoms with E-state index in [-0.39, 0.29) is 11.1 Å². The zero-order chi connectivity index (χ0) is 13.5. The first-order valence-electron chi connectivity index (χ1n) is 5.01. The van der Waals surface area contributed by atoms with E-state index in [1.54, 1.807) is 0 Å². The second kappa shape index (κ2) is 6.70. The number of rotatable bonds is 6. The van der Waals surface area contributed by atoms with E-state index in [0.717, 1.165) is 0 Å². The highest BCUT2D eigenvalue weighted by atomic mass is 17.2. The van der Waals surface area contributed by atoms with Crippen LogP contribution in [0.15, 0.2) is 24.3 Å². The Labute approximate surface area is 102 Å². The number of aliphatic hydroxyl groups is 2. The van der Waals surface area contributed by atoms with Gasteiger partial charge in [0, 0.05) is 0 Å². The Kier molecular flexibility index (Phi) is 5.25. The van der Waals surface area contributed by atoms with Crippen molar-refractivity contribution in [2.75, 3.05) is 13.2 Å². The molecule has 0 saturated carbocycles. The zero-order valence-corrected chi connectivity index (χ0v) is 9.28. The van der Waals surface area contributed by atoms with E-state index in [4.69, 9.17) is 15.3 Å². The van der Waals surface area contributed by atoms with E-state index < -0.39 is 31.3 Å². The maximum absolute atomic E-state index is 11.5. The predicted octanol–water partition coefficient (Wildman–Crippen LogP) is -0.174. The van der Waals surface area contributed by atoms with E-state index in [0.29, 0.717) is 0 Å². The highest BCUT2D eigenvalue weighted by molar-refractivity contribution is 6.02. The monoisotopic (exact) mass is 256 g/mol. The number of hydrogen-bond donors (Lipinski definition) is 3. The number of aromatic carboxylic acids is 1. The third-order valence-corrected chi connectivity index (χ3v) is 1.98. The van der Waals surface area contributed by atoms with Gasteiger partial charge < -0.3 is 15.3 Å². The van der Waals surface area contributed by atoms with Crippen LogP contribution in [0.1, 0.15) is 20.7 Å².